The van der Waals surface area contributed by atoms with Gasteiger partial charge in [-0.3, -0.25) is 0 Å². The molecule has 2 aliphatic rings. The molecular weight excluding hydrogens is 1150 g/mol. The minimum atomic E-state index is -0.806. The van der Waals surface area contributed by atoms with E-state index in [1.807, 2.05) is 0 Å². The van der Waals surface area contributed by atoms with Crippen LogP contribution in [0, 0.1) is 0 Å². The lowest BCUT2D eigenvalue weighted by Crippen LogP contribution is -2.31. The van der Waals surface area contributed by atoms with Crippen LogP contribution < -0.4 is 28.7 Å². The van der Waals surface area contributed by atoms with Crippen LogP contribution in [0.2, 0.25) is 0 Å². The molecule has 0 N–H and O–H groups in total. The molecule has 0 bridgehead atoms. The zero-order valence-electron chi connectivity index (χ0n) is 55.9. The molecule has 6 heteroatoms. The van der Waals surface area contributed by atoms with E-state index in [9.17, 15) is 0 Å². The van der Waals surface area contributed by atoms with Crippen LogP contribution in [0.4, 0.5) is 34.1 Å². The van der Waals surface area contributed by atoms with Crippen LogP contribution >= 0.6 is 0 Å². The summed E-state index contributed by atoms with van der Waals surface area (Å²) in [7, 11) is 0. The zero-order chi connectivity index (χ0) is 64.4. The molecule has 0 amide bonds. The summed E-state index contributed by atoms with van der Waals surface area (Å²) in [4.78, 5) is 4.82. The van der Waals surface area contributed by atoms with Crippen molar-refractivity contribution in [3.63, 3.8) is 0 Å². The summed E-state index contributed by atoms with van der Waals surface area (Å²) in [5.41, 5.74) is 16.9. The summed E-state index contributed by atoms with van der Waals surface area (Å²) in [6, 6.07) is 94.7. The Morgan fingerprint density at radius 1 is 0.245 bits per heavy atom. The van der Waals surface area contributed by atoms with Gasteiger partial charge in [-0.25, -0.2) is 0 Å². The molecule has 0 unspecified atom stereocenters. The third-order valence-corrected chi connectivity index (χ3v) is 19.1. The molecule has 12 rings (SSSR count). The van der Waals surface area contributed by atoms with Gasteiger partial charge in [-0.2, -0.15) is 0 Å². The molecule has 94 heavy (non-hydrogen) atoms. The van der Waals surface area contributed by atoms with E-state index >= 15 is 0 Å². The van der Waals surface area contributed by atoms with E-state index in [-0.39, 0.29) is 0 Å². The molecule has 10 aromatic carbocycles. The van der Waals surface area contributed by atoms with E-state index < -0.39 is 10.8 Å². The molecule has 2 aliphatic carbocycles. The van der Waals surface area contributed by atoms with Gasteiger partial charge >= 0.3 is 0 Å². The van der Waals surface area contributed by atoms with Crippen LogP contribution in [0.3, 0.4) is 0 Å². The van der Waals surface area contributed by atoms with E-state index in [2.05, 4.69) is 292 Å². The first-order valence-electron chi connectivity index (χ1n) is 35.3. The highest BCUT2D eigenvalue weighted by Gasteiger charge is 2.59. The summed E-state index contributed by atoms with van der Waals surface area (Å²) in [5.74, 6) is 3.51. The molecule has 0 fully saturated rings. The second-order valence-corrected chi connectivity index (χ2v) is 25.5. The molecule has 0 saturated carbocycles. The Morgan fingerprint density at radius 3 is 0.713 bits per heavy atom. The fourth-order valence-electron chi connectivity index (χ4n) is 14.5. The number of anilines is 6. The monoisotopic (exact) mass is 1240 g/mol. The molecule has 0 heterocycles. The first-order valence-corrected chi connectivity index (χ1v) is 35.3. The van der Waals surface area contributed by atoms with E-state index in [1.165, 1.54) is 133 Å². The van der Waals surface area contributed by atoms with Crippen LogP contribution in [0.1, 0.15) is 175 Å². The highest BCUT2D eigenvalue weighted by atomic mass is 16.5. The number of ether oxygens (including phenoxy) is 4. The van der Waals surface area contributed by atoms with Gasteiger partial charge in [0.2, 0.25) is 0 Å². The summed E-state index contributed by atoms with van der Waals surface area (Å²) in [6.07, 6.45) is 18.5. The Bertz CT molecular complexity index is 3540. The Labute approximate surface area is 560 Å². The second-order valence-electron chi connectivity index (χ2n) is 25.5. The molecule has 0 saturated heterocycles. The van der Waals surface area contributed by atoms with Crippen molar-refractivity contribution < 1.29 is 18.9 Å². The van der Waals surface area contributed by atoms with Gasteiger partial charge in [-0.1, -0.05) is 238 Å². The largest absolute Gasteiger partial charge is 0.494 e. The Balaban J connectivity index is 1.06. The first kappa shape index (κ1) is 64.8. The molecule has 0 aliphatic heterocycles. The van der Waals surface area contributed by atoms with Crippen molar-refractivity contribution in [1.82, 2.24) is 0 Å². The molecule has 0 spiro atoms. The van der Waals surface area contributed by atoms with Crippen molar-refractivity contribution in [2.45, 2.75) is 141 Å². The van der Waals surface area contributed by atoms with Crippen molar-refractivity contribution in [2.75, 3.05) is 36.2 Å². The fraction of sp³-hybridized carbons (Fsp3) is 0.295. The standard InChI is InChI=1S/C88H94N2O4/c1-5-9-13-29-61-91-77-51-41-71(42-52-77)89(72-43-53-78(54-44-72)92-62-30-14-10-6-2)75-49-59-81-83(65-75)87(67-33-21-17-22-34-67,68-35-23-18-24-36-68)86-82-60-50-76(66-84(82)88(85(81)86,69-37-25-19-26-38-69)70-39-27-20-28-40-70)90(73-45-55-79(56-46-73)93-63-31-15-11-7-3)74-47-57-80(58-48-74)94-64-32-16-12-8-4/h17-28,33-60,65-66H,5-16,29-32,61-64H2,1-4H3. The van der Waals surface area contributed by atoms with E-state index in [0.29, 0.717) is 26.4 Å². The lowest BCUT2D eigenvalue weighted by molar-refractivity contribution is 0.305. The predicted octanol–water partition coefficient (Wildman–Crippen LogP) is 24.1. The van der Waals surface area contributed by atoms with E-state index in [1.54, 1.807) is 0 Å². The number of hydrogen-bond donors (Lipinski definition) is 0. The average Bonchev–Trinajstić information content (AvgIpc) is 1.49. The number of allylic oxidation sites excluding steroid dienone is 2. The number of unbranched alkanes of at least 4 members (excludes halogenated alkanes) is 12. The molecule has 480 valence electrons. The maximum Gasteiger partial charge on any atom is 0.119 e. The van der Waals surface area contributed by atoms with Gasteiger partial charge in [0.25, 0.3) is 0 Å². The smallest absolute Gasteiger partial charge is 0.119 e. The van der Waals surface area contributed by atoms with Crippen LogP contribution in [0.5, 0.6) is 23.0 Å². The maximum absolute atomic E-state index is 6.39. The van der Waals surface area contributed by atoms with Crippen LogP contribution in [-0.4, -0.2) is 26.4 Å². The average molecular weight is 1240 g/mol. The summed E-state index contributed by atoms with van der Waals surface area (Å²) in [6.45, 7) is 11.8. The molecular formula is C88H94N2O4. The SMILES string of the molecule is CCCCCCOc1ccc(N(c2ccc(OCCCCCC)cc2)c2ccc3c(c2)C(c2ccccc2)(c2ccccc2)C2=C3C(c3ccccc3)(c3ccccc3)c3cc(N(c4ccc(OCCCCCC)cc4)c4ccc(OCCCCCC)cc4)ccc32)cc1. The number of rotatable bonds is 34. The Morgan fingerprint density at radius 2 is 0.479 bits per heavy atom. The van der Waals surface area contributed by atoms with E-state index in [0.717, 1.165) is 82.8 Å². The molecule has 0 radical (unpaired) electrons. The summed E-state index contributed by atoms with van der Waals surface area (Å²) < 4.78 is 25.6. The quantitative estimate of drug-likeness (QED) is 0.0375. The summed E-state index contributed by atoms with van der Waals surface area (Å²) in [5, 5.41) is 0. The van der Waals surface area contributed by atoms with Crippen LogP contribution in [-0.2, 0) is 10.8 Å². The number of benzene rings is 10. The van der Waals surface area contributed by atoms with Crippen molar-refractivity contribution in [3.05, 3.63) is 299 Å². The fourth-order valence-corrected chi connectivity index (χ4v) is 14.5. The van der Waals surface area contributed by atoms with Gasteiger partial charge in [0, 0.05) is 34.1 Å². The third kappa shape index (κ3) is 13.7. The second kappa shape index (κ2) is 31.6. The molecule has 10 aromatic rings. The highest BCUT2D eigenvalue weighted by Crippen LogP contribution is 2.70. The van der Waals surface area contributed by atoms with Gasteiger partial charge in [-0.15, -0.1) is 0 Å². The van der Waals surface area contributed by atoms with Crippen molar-refractivity contribution in [2.24, 2.45) is 0 Å². The number of nitrogens with zero attached hydrogens (tertiary/aromatic N) is 2. The lowest BCUT2D eigenvalue weighted by atomic mass is 9.64. The first-order chi connectivity index (χ1) is 46.5. The predicted molar refractivity (Wildman–Crippen MR) is 393 cm³/mol. The van der Waals surface area contributed by atoms with Crippen molar-refractivity contribution in [1.29, 1.82) is 0 Å². The maximum atomic E-state index is 6.39. The van der Waals surface area contributed by atoms with Crippen molar-refractivity contribution in [3.8, 4) is 23.0 Å². The normalized spacial score (nSPS) is 13.2. The number of fused-ring (bicyclic) bond motifs is 4. The highest BCUT2D eigenvalue weighted by molar-refractivity contribution is 6.16. The zero-order valence-corrected chi connectivity index (χ0v) is 55.9. The van der Waals surface area contributed by atoms with Gasteiger partial charge in [0.05, 0.1) is 37.3 Å². The van der Waals surface area contributed by atoms with Gasteiger partial charge < -0.3 is 28.7 Å². The molecule has 6 nitrogen and oxygen atoms in total. The van der Waals surface area contributed by atoms with Gasteiger partial charge in [0.15, 0.2) is 0 Å². The third-order valence-electron chi connectivity index (χ3n) is 19.1. The lowest BCUT2D eigenvalue weighted by Gasteiger charge is -2.39. The topological polar surface area (TPSA) is 43.4 Å². The Kier molecular flexibility index (Phi) is 21.8. The Hall–Kier alpha value is -9.26. The van der Waals surface area contributed by atoms with Gasteiger partial charge in [-0.05, 0) is 203 Å². The minimum absolute atomic E-state index is 0.703. The molecule has 0 aromatic heterocycles. The van der Waals surface area contributed by atoms with Crippen LogP contribution in [0.25, 0.3) is 11.1 Å². The molecule has 0 atom stereocenters. The minimum Gasteiger partial charge on any atom is -0.494 e. The van der Waals surface area contributed by atoms with Crippen molar-refractivity contribution >= 4 is 45.3 Å². The number of hydrogen-bond acceptors (Lipinski definition) is 6. The van der Waals surface area contributed by atoms with E-state index in [4.69, 9.17) is 18.9 Å². The summed E-state index contributed by atoms with van der Waals surface area (Å²) >= 11 is 0. The van der Waals surface area contributed by atoms with Crippen LogP contribution in [0.15, 0.2) is 255 Å². The van der Waals surface area contributed by atoms with Gasteiger partial charge in [0.1, 0.15) is 23.0 Å².